The molecule has 4 heteroatoms. The van der Waals surface area contributed by atoms with Gasteiger partial charge in [-0.05, 0) is 37.1 Å². The zero-order valence-corrected chi connectivity index (χ0v) is 9.82. The molecule has 1 fully saturated rings. The molecule has 0 aromatic heterocycles. The lowest BCUT2D eigenvalue weighted by Crippen LogP contribution is -2.17. The predicted molar refractivity (Wildman–Crippen MR) is 64.7 cm³/mol. The van der Waals surface area contributed by atoms with Crippen molar-refractivity contribution < 1.29 is 13.9 Å². The minimum Gasteiger partial charge on any atom is -0.383 e. The minimum absolute atomic E-state index is 0.217. The van der Waals surface area contributed by atoms with Gasteiger partial charge in [-0.1, -0.05) is 0 Å². The van der Waals surface area contributed by atoms with Crippen molar-refractivity contribution in [3.05, 3.63) is 30.1 Å². The average Bonchev–Trinajstić information content (AvgIpc) is 2.84. The Bertz CT molecular complexity index is 323. The average molecular weight is 239 g/mol. The molecule has 1 saturated heterocycles. The molecule has 1 aromatic rings. The summed E-state index contributed by atoms with van der Waals surface area (Å²) in [4.78, 5) is 0. The van der Waals surface area contributed by atoms with Crippen molar-refractivity contribution in [2.24, 2.45) is 0 Å². The van der Waals surface area contributed by atoms with Crippen molar-refractivity contribution in [1.82, 2.24) is 0 Å². The summed E-state index contributed by atoms with van der Waals surface area (Å²) < 4.78 is 23.6. The third kappa shape index (κ3) is 4.32. The van der Waals surface area contributed by atoms with Gasteiger partial charge in [0.15, 0.2) is 0 Å². The number of benzene rings is 1. The standard InChI is InChI=1S/C13H18FNO2/c14-11-3-5-12(6-4-11)15-7-9-16-10-13-2-1-8-17-13/h3-6,13,15H,1-2,7-10H2. The van der Waals surface area contributed by atoms with Crippen LogP contribution in [-0.4, -0.2) is 32.5 Å². The van der Waals surface area contributed by atoms with Crippen molar-refractivity contribution in [2.45, 2.75) is 18.9 Å². The molecule has 0 radical (unpaired) electrons. The second kappa shape index (κ2) is 6.57. The lowest BCUT2D eigenvalue weighted by molar-refractivity contribution is 0.0206. The Balaban J connectivity index is 1.55. The molecule has 0 saturated carbocycles. The van der Waals surface area contributed by atoms with Gasteiger partial charge in [0.1, 0.15) is 5.82 Å². The van der Waals surface area contributed by atoms with Crippen LogP contribution in [0.5, 0.6) is 0 Å². The van der Waals surface area contributed by atoms with E-state index in [0.717, 1.165) is 31.7 Å². The SMILES string of the molecule is Fc1ccc(NCCOCC2CCCO2)cc1. The molecule has 17 heavy (non-hydrogen) atoms. The molecule has 0 spiro atoms. The molecule has 0 aliphatic carbocycles. The normalized spacial score (nSPS) is 19.5. The summed E-state index contributed by atoms with van der Waals surface area (Å²) in [7, 11) is 0. The van der Waals surface area contributed by atoms with Crippen molar-refractivity contribution in [2.75, 3.05) is 31.7 Å². The fourth-order valence-electron chi connectivity index (χ4n) is 1.83. The molecule has 2 rings (SSSR count). The van der Waals surface area contributed by atoms with Gasteiger partial charge in [-0.3, -0.25) is 0 Å². The summed E-state index contributed by atoms with van der Waals surface area (Å²) >= 11 is 0. The Kier molecular flexibility index (Phi) is 4.76. The highest BCUT2D eigenvalue weighted by atomic mass is 19.1. The number of anilines is 1. The zero-order chi connectivity index (χ0) is 11.9. The number of ether oxygens (including phenoxy) is 2. The van der Waals surface area contributed by atoms with Crippen LogP contribution in [0.3, 0.4) is 0 Å². The van der Waals surface area contributed by atoms with E-state index in [4.69, 9.17) is 9.47 Å². The van der Waals surface area contributed by atoms with Crippen LogP contribution < -0.4 is 5.32 Å². The van der Waals surface area contributed by atoms with Crippen molar-refractivity contribution >= 4 is 5.69 Å². The van der Waals surface area contributed by atoms with Crippen LogP contribution in [-0.2, 0) is 9.47 Å². The van der Waals surface area contributed by atoms with E-state index < -0.39 is 0 Å². The van der Waals surface area contributed by atoms with Crippen LogP contribution in [0.4, 0.5) is 10.1 Å². The van der Waals surface area contributed by atoms with Crippen LogP contribution >= 0.6 is 0 Å². The van der Waals surface area contributed by atoms with E-state index in [-0.39, 0.29) is 11.9 Å². The number of halogens is 1. The van der Waals surface area contributed by atoms with Gasteiger partial charge in [0.05, 0.1) is 19.3 Å². The first-order valence-electron chi connectivity index (χ1n) is 6.03. The topological polar surface area (TPSA) is 30.5 Å². The first-order valence-corrected chi connectivity index (χ1v) is 6.03. The Morgan fingerprint density at radius 1 is 1.35 bits per heavy atom. The maximum atomic E-state index is 12.6. The van der Waals surface area contributed by atoms with E-state index in [1.807, 2.05) is 0 Å². The van der Waals surface area contributed by atoms with Gasteiger partial charge < -0.3 is 14.8 Å². The molecule has 94 valence electrons. The summed E-state index contributed by atoms with van der Waals surface area (Å²) in [5.41, 5.74) is 0.909. The van der Waals surface area contributed by atoms with Gasteiger partial charge in [0.25, 0.3) is 0 Å². The molecule has 0 bridgehead atoms. The molecule has 1 aliphatic rings. The summed E-state index contributed by atoms with van der Waals surface area (Å²) in [6.45, 7) is 2.89. The monoisotopic (exact) mass is 239 g/mol. The lowest BCUT2D eigenvalue weighted by atomic mass is 10.2. The van der Waals surface area contributed by atoms with Gasteiger partial charge >= 0.3 is 0 Å². The third-order valence-electron chi connectivity index (χ3n) is 2.75. The van der Waals surface area contributed by atoms with Crippen LogP contribution in [0, 0.1) is 5.82 Å². The molecule has 1 aromatic carbocycles. The number of nitrogens with one attached hydrogen (secondary N) is 1. The molecule has 1 aliphatic heterocycles. The highest BCUT2D eigenvalue weighted by Crippen LogP contribution is 2.12. The van der Waals surface area contributed by atoms with Crippen molar-refractivity contribution in [3.8, 4) is 0 Å². The Morgan fingerprint density at radius 3 is 2.88 bits per heavy atom. The minimum atomic E-state index is -0.217. The third-order valence-corrected chi connectivity index (χ3v) is 2.75. The van der Waals surface area contributed by atoms with Crippen LogP contribution in [0.2, 0.25) is 0 Å². The molecular weight excluding hydrogens is 221 g/mol. The fourth-order valence-corrected chi connectivity index (χ4v) is 1.83. The second-order valence-corrected chi connectivity index (χ2v) is 4.14. The summed E-state index contributed by atoms with van der Waals surface area (Å²) in [6.07, 6.45) is 2.52. The van der Waals surface area contributed by atoms with E-state index in [2.05, 4.69) is 5.32 Å². The van der Waals surface area contributed by atoms with Gasteiger partial charge in [-0.2, -0.15) is 0 Å². The number of hydrogen-bond acceptors (Lipinski definition) is 3. The highest BCUT2D eigenvalue weighted by molar-refractivity contribution is 5.42. The van der Waals surface area contributed by atoms with E-state index in [0.29, 0.717) is 13.2 Å². The first-order chi connectivity index (χ1) is 8.34. The van der Waals surface area contributed by atoms with Crippen molar-refractivity contribution in [3.63, 3.8) is 0 Å². The molecule has 1 atom stereocenters. The molecule has 1 N–H and O–H groups in total. The maximum absolute atomic E-state index is 12.6. The Morgan fingerprint density at radius 2 is 2.18 bits per heavy atom. The quantitative estimate of drug-likeness (QED) is 0.773. The van der Waals surface area contributed by atoms with Crippen LogP contribution in [0.15, 0.2) is 24.3 Å². The number of rotatable bonds is 6. The predicted octanol–water partition coefficient (Wildman–Crippen LogP) is 2.43. The molecule has 0 amide bonds. The lowest BCUT2D eigenvalue weighted by Gasteiger charge is -2.11. The second-order valence-electron chi connectivity index (χ2n) is 4.14. The van der Waals surface area contributed by atoms with Gasteiger partial charge in [-0.15, -0.1) is 0 Å². The molecular formula is C13H18FNO2. The Labute approximate surface area is 101 Å². The molecule has 1 heterocycles. The largest absolute Gasteiger partial charge is 0.383 e. The fraction of sp³-hybridized carbons (Fsp3) is 0.538. The van der Waals surface area contributed by atoms with Crippen molar-refractivity contribution in [1.29, 1.82) is 0 Å². The van der Waals surface area contributed by atoms with Gasteiger partial charge in [-0.25, -0.2) is 4.39 Å². The Hall–Kier alpha value is -1.13. The van der Waals surface area contributed by atoms with E-state index in [1.165, 1.54) is 12.1 Å². The summed E-state index contributed by atoms with van der Waals surface area (Å²) in [6, 6.07) is 6.32. The molecule has 1 unspecified atom stereocenters. The van der Waals surface area contributed by atoms with Crippen LogP contribution in [0.1, 0.15) is 12.8 Å². The molecule has 3 nitrogen and oxygen atoms in total. The van der Waals surface area contributed by atoms with E-state index >= 15 is 0 Å². The zero-order valence-electron chi connectivity index (χ0n) is 9.82. The maximum Gasteiger partial charge on any atom is 0.123 e. The van der Waals surface area contributed by atoms with E-state index in [9.17, 15) is 4.39 Å². The number of hydrogen-bond donors (Lipinski definition) is 1. The van der Waals surface area contributed by atoms with E-state index in [1.54, 1.807) is 12.1 Å². The van der Waals surface area contributed by atoms with Gasteiger partial charge in [0.2, 0.25) is 0 Å². The van der Waals surface area contributed by atoms with Crippen LogP contribution in [0.25, 0.3) is 0 Å². The highest BCUT2D eigenvalue weighted by Gasteiger charge is 2.14. The van der Waals surface area contributed by atoms with Gasteiger partial charge in [0, 0.05) is 18.8 Å². The smallest absolute Gasteiger partial charge is 0.123 e. The summed E-state index contributed by atoms with van der Waals surface area (Å²) in [5, 5.41) is 3.16. The summed E-state index contributed by atoms with van der Waals surface area (Å²) in [5.74, 6) is -0.217. The first kappa shape index (κ1) is 12.3.